The van der Waals surface area contributed by atoms with Crippen molar-refractivity contribution >= 4 is 43.1 Å². The zero-order valence-electron chi connectivity index (χ0n) is 8.10. The van der Waals surface area contributed by atoms with Crippen LogP contribution >= 0.6 is 27.3 Å². The highest BCUT2D eigenvalue weighted by atomic mass is 79.9. The van der Waals surface area contributed by atoms with Gasteiger partial charge in [0.25, 0.3) is 10.0 Å². The van der Waals surface area contributed by atoms with Gasteiger partial charge in [-0.25, -0.2) is 8.42 Å². The first-order valence-electron chi connectivity index (χ1n) is 4.18. The maximum absolute atomic E-state index is 11.9. The molecular weight excluding hydrogens is 316 g/mol. The van der Waals surface area contributed by atoms with E-state index >= 15 is 0 Å². The van der Waals surface area contributed by atoms with Gasteiger partial charge in [0.2, 0.25) is 0 Å². The van der Waals surface area contributed by atoms with E-state index in [-0.39, 0.29) is 10.0 Å². The van der Waals surface area contributed by atoms with Crippen molar-refractivity contribution in [2.75, 3.05) is 4.72 Å². The lowest BCUT2D eigenvalue weighted by Crippen LogP contribution is -2.11. The lowest BCUT2D eigenvalue weighted by Gasteiger charge is -2.00. The minimum Gasteiger partial charge on any atom is -0.363 e. The Hall–Kier alpha value is -0.860. The van der Waals surface area contributed by atoms with Crippen LogP contribution in [0.15, 0.2) is 30.9 Å². The number of thiophene rings is 1. The maximum atomic E-state index is 11.9. The van der Waals surface area contributed by atoms with Gasteiger partial charge in [0.1, 0.15) is 10.5 Å². The predicted molar refractivity (Wildman–Crippen MR) is 64.1 cm³/mol. The van der Waals surface area contributed by atoms with Crippen LogP contribution in [-0.4, -0.2) is 13.6 Å². The Labute approximate surface area is 105 Å². The van der Waals surface area contributed by atoms with E-state index in [9.17, 15) is 8.42 Å². The molecule has 2 heterocycles. The highest BCUT2D eigenvalue weighted by Gasteiger charge is 2.19. The van der Waals surface area contributed by atoms with E-state index in [1.807, 2.05) is 6.92 Å². The van der Waals surface area contributed by atoms with Crippen molar-refractivity contribution in [3.05, 3.63) is 27.7 Å². The van der Waals surface area contributed by atoms with Gasteiger partial charge in [0.15, 0.2) is 5.82 Å². The summed E-state index contributed by atoms with van der Waals surface area (Å²) in [5, 5.41) is 3.48. The second-order valence-electron chi connectivity index (χ2n) is 3.01. The molecular formula is C8H7BrN2O3S2. The molecule has 8 heteroatoms. The molecule has 2 aromatic rings. The Kier molecular flexibility index (Phi) is 3.04. The van der Waals surface area contributed by atoms with Crippen LogP contribution < -0.4 is 4.72 Å². The van der Waals surface area contributed by atoms with E-state index in [4.69, 9.17) is 0 Å². The van der Waals surface area contributed by atoms with E-state index in [1.165, 1.54) is 12.3 Å². The van der Waals surface area contributed by atoms with Crippen LogP contribution in [0.25, 0.3) is 0 Å². The highest BCUT2D eigenvalue weighted by Crippen LogP contribution is 2.31. The number of sulfonamides is 1. The monoisotopic (exact) mass is 322 g/mol. The number of nitrogens with zero attached hydrogens (tertiary/aromatic N) is 1. The lowest BCUT2D eigenvalue weighted by molar-refractivity contribution is 0.423. The topological polar surface area (TPSA) is 72.2 Å². The van der Waals surface area contributed by atoms with Crippen LogP contribution in [0, 0.1) is 6.92 Å². The lowest BCUT2D eigenvalue weighted by atomic mass is 10.4. The molecule has 0 aromatic carbocycles. The van der Waals surface area contributed by atoms with Crippen LogP contribution in [-0.2, 0) is 10.0 Å². The third-order valence-electron chi connectivity index (χ3n) is 1.78. The first-order valence-corrected chi connectivity index (χ1v) is 7.27. The van der Waals surface area contributed by atoms with Crippen molar-refractivity contribution in [1.82, 2.24) is 5.16 Å². The molecule has 0 radical (unpaired) electrons. The third kappa shape index (κ3) is 2.28. The molecule has 2 aromatic heterocycles. The number of nitrogens with one attached hydrogen (secondary N) is 1. The number of rotatable bonds is 3. The maximum Gasteiger partial charge on any atom is 0.272 e. The van der Waals surface area contributed by atoms with Crippen molar-refractivity contribution in [1.29, 1.82) is 0 Å². The molecule has 16 heavy (non-hydrogen) atoms. The van der Waals surface area contributed by atoms with E-state index < -0.39 is 10.0 Å². The van der Waals surface area contributed by atoms with Crippen molar-refractivity contribution < 1.29 is 12.9 Å². The standard InChI is InChI=1S/C8H7BrN2O3S2/c1-5-4-7(15-8(5)9)16(12,13)11-6-2-3-14-10-6/h2-4H,1H3,(H,10,11). The molecule has 0 saturated heterocycles. The molecule has 0 bridgehead atoms. The van der Waals surface area contributed by atoms with Crippen LogP contribution in [0.2, 0.25) is 0 Å². The number of hydrogen-bond donors (Lipinski definition) is 1. The minimum atomic E-state index is -3.57. The second-order valence-corrected chi connectivity index (χ2v) is 7.29. The van der Waals surface area contributed by atoms with Gasteiger partial charge in [-0.3, -0.25) is 4.72 Å². The Bertz CT molecular complexity index is 569. The first-order chi connectivity index (χ1) is 7.49. The molecule has 0 aliphatic rings. The smallest absolute Gasteiger partial charge is 0.272 e. The van der Waals surface area contributed by atoms with Gasteiger partial charge in [-0.2, -0.15) is 0 Å². The molecule has 0 aliphatic heterocycles. The predicted octanol–water partition coefficient (Wildman–Crippen LogP) is 2.61. The summed E-state index contributed by atoms with van der Waals surface area (Å²) < 4.78 is 31.6. The molecule has 2 rings (SSSR count). The molecule has 1 N–H and O–H groups in total. The fraction of sp³-hybridized carbons (Fsp3) is 0.125. The summed E-state index contributed by atoms with van der Waals surface area (Å²) in [5.41, 5.74) is 0.880. The molecule has 0 amide bonds. The minimum absolute atomic E-state index is 0.169. The Morgan fingerprint density at radius 2 is 2.31 bits per heavy atom. The Morgan fingerprint density at radius 3 is 2.81 bits per heavy atom. The zero-order valence-corrected chi connectivity index (χ0v) is 11.3. The van der Waals surface area contributed by atoms with Crippen molar-refractivity contribution in [3.63, 3.8) is 0 Å². The van der Waals surface area contributed by atoms with Gasteiger partial charge in [-0.15, -0.1) is 11.3 Å². The number of aryl methyl sites for hydroxylation is 1. The van der Waals surface area contributed by atoms with Gasteiger partial charge < -0.3 is 4.52 Å². The SMILES string of the molecule is Cc1cc(S(=O)(=O)Nc2ccon2)sc1Br. The average molecular weight is 323 g/mol. The van der Waals surface area contributed by atoms with Crippen molar-refractivity contribution in [2.24, 2.45) is 0 Å². The van der Waals surface area contributed by atoms with Crippen molar-refractivity contribution in [3.8, 4) is 0 Å². The summed E-state index contributed by atoms with van der Waals surface area (Å²) in [4.78, 5) is 0. The molecule has 0 fully saturated rings. The molecule has 0 atom stereocenters. The molecule has 0 spiro atoms. The van der Waals surface area contributed by atoms with Crippen LogP contribution in [0.3, 0.4) is 0 Å². The second kappa shape index (κ2) is 4.19. The van der Waals surface area contributed by atoms with Gasteiger partial charge >= 0.3 is 0 Å². The summed E-state index contributed by atoms with van der Waals surface area (Å²) in [6.07, 6.45) is 1.30. The fourth-order valence-electron chi connectivity index (χ4n) is 1.02. The van der Waals surface area contributed by atoms with E-state index in [1.54, 1.807) is 6.07 Å². The largest absolute Gasteiger partial charge is 0.363 e. The number of halogens is 1. The summed E-state index contributed by atoms with van der Waals surface area (Å²) in [6, 6.07) is 3.03. The number of aromatic nitrogens is 1. The molecule has 5 nitrogen and oxygen atoms in total. The molecule has 0 aliphatic carbocycles. The summed E-state index contributed by atoms with van der Waals surface area (Å²) in [7, 11) is -3.57. The van der Waals surface area contributed by atoms with Gasteiger partial charge in [-0.05, 0) is 34.5 Å². The summed E-state index contributed by atoms with van der Waals surface area (Å²) in [6.45, 7) is 1.83. The molecule has 0 saturated carbocycles. The molecule has 0 unspecified atom stereocenters. The van der Waals surface area contributed by atoms with E-state index in [2.05, 4.69) is 30.3 Å². The normalized spacial score (nSPS) is 11.6. The van der Waals surface area contributed by atoms with E-state index in [0.29, 0.717) is 0 Å². The summed E-state index contributed by atoms with van der Waals surface area (Å²) >= 11 is 4.43. The first kappa shape index (κ1) is 11.6. The van der Waals surface area contributed by atoms with Crippen LogP contribution in [0.1, 0.15) is 5.56 Å². The number of anilines is 1. The average Bonchev–Trinajstić information content (AvgIpc) is 2.78. The Morgan fingerprint density at radius 1 is 1.56 bits per heavy atom. The fourth-order valence-corrected chi connectivity index (χ4v) is 4.24. The third-order valence-corrected chi connectivity index (χ3v) is 5.74. The Balaban J connectivity index is 2.32. The van der Waals surface area contributed by atoms with Crippen molar-refractivity contribution in [2.45, 2.75) is 11.1 Å². The van der Waals surface area contributed by atoms with Crippen LogP contribution in [0.5, 0.6) is 0 Å². The van der Waals surface area contributed by atoms with Gasteiger partial charge in [0, 0.05) is 6.07 Å². The molecule has 86 valence electrons. The highest BCUT2D eigenvalue weighted by molar-refractivity contribution is 9.11. The quantitative estimate of drug-likeness (QED) is 0.942. The zero-order chi connectivity index (χ0) is 11.8. The summed E-state index contributed by atoms with van der Waals surface area (Å²) in [5.74, 6) is 0.169. The van der Waals surface area contributed by atoms with E-state index in [0.717, 1.165) is 20.7 Å². The van der Waals surface area contributed by atoms with Gasteiger partial charge in [-0.1, -0.05) is 5.16 Å². The number of hydrogen-bond acceptors (Lipinski definition) is 5. The van der Waals surface area contributed by atoms with Gasteiger partial charge in [0.05, 0.1) is 3.79 Å². The van der Waals surface area contributed by atoms with Crippen LogP contribution in [0.4, 0.5) is 5.82 Å².